The number of thioether (sulfide) groups is 1. The third kappa shape index (κ3) is 2.81. The fourth-order valence-electron chi connectivity index (χ4n) is 1.53. The van der Waals surface area contributed by atoms with E-state index in [1.54, 1.807) is 0 Å². The minimum Gasteiger partial charge on any atom is -0.380 e. The average Bonchev–Trinajstić information content (AvgIpc) is 2.70. The normalized spacial score (nSPS) is 21.1. The molecule has 0 spiro atoms. The van der Waals surface area contributed by atoms with Gasteiger partial charge in [-0.25, -0.2) is 4.98 Å². The van der Waals surface area contributed by atoms with Gasteiger partial charge in [0.1, 0.15) is 5.69 Å². The van der Waals surface area contributed by atoms with Crippen molar-refractivity contribution in [2.24, 2.45) is 0 Å². The van der Waals surface area contributed by atoms with Crippen LogP contribution in [0.2, 0.25) is 0 Å². The molecular formula is C10H11F3N2S. The van der Waals surface area contributed by atoms with Gasteiger partial charge in [0.2, 0.25) is 0 Å². The second kappa shape index (κ2) is 4.53. The summed E-state index contributed by atoms with van der Waals surface area (Å²) in [5.74, 6) is 2.10. The van der Waals surface area contributed by atoms with Crippen LogP contribution in [0.1, 0.15) is 12.1 Å². The fourth-order valence-corrected chi connectivity index (χ4v) is 2.68. The zero-order chi connectivity index (χ0) is 11.6. The van der Waals surface area contributed by atoms with Crippen molar-refractivity contribution in [2.45, 2.75) is 18.6 Å². The van der Waals surface area contributed by atoms with Crippen molar-refractivity contribution < 1.29 is 13.2 Å². The second-order valence-electron chi connectivity index (χ2n) is 3.63. The van der Waals surface area contributed by atoms with E-state index in [2.05, 4.69) is 10.3 Å². The average molecular weight is 248 g/mol. The molecule has 1 aromatic heterocycles. The Hall–Kier alpha value is -0.910. The first-order valence-electron chi connectivity index (χ1n) is 4.93. The standard InChI is InChI=1S/C10H11F3N2S/c11-10(12,13)9-2-1-7(5-14-9)15-8-3-4-16-6-8/h1-2,5,8,15H,3-4,6H2. The van der Waals surface area contributed by atoms with Gasteiger partial charge in [0.15, 0.2) is 0 Å². The molecule has 1 aliphatic rings. The number of hydrogen-bond donors (Lipinski definition) is 1. The van der Waals surface area contributed by atoms with E-state index in [0.29, 0.717) is 11.7 Å². The van der Waals surface area contributed by atoms with Crippen LogP contribution in [0, 0.1) is 0 Å². The van der Waals surface area contributed by atoms with Gasteiger partial charge >= 0.3 is 6.18 Å². The van der Waals surface area contributed by atoms with Crippen molar-refractivity contribution in [3.05, 3.63) is 24.0 Å². The molecule has 1 saturated heterocycles. The molecule has 0 amide bonds. The number of nitrogens with one attached hydrogen (secondary N) is 1. The number of aromatic nitrogens is 1. The molecule has 0 aromatic carbocycles. The second-order valence-corrected chi connectivity index (χ2v) is 4.78. The van der Waals surface area contributed by atoms with Crippen molar-refractivity contribution in [2.75, 3.05) is 16.8 Å². The summed E-state index contributed by atoms with van der Waals surface area (Å²) in [6.45, 7) is 0. The number of halogens is 3. The lowest BCUT2D eigenvalue weighted by Gasteiger charge is -2.13. The molecule has 0 aliphatic carbocycles. The number of pyridine rings is 1. The molecule has 6 heteroatoms. The van der Waals surface area contributed by atoms with Gasteiger partial charge in [-0.3, -0.25) is 0 Å². The first-order valence-corrected chi connectivity index (χ1v) is 6.09. The van der Waals surface area contributed by atoms with Gasteiger partial charge in [0.25, 0.3) is 0 Å². The molecule has 1 atom stereocenters. The van der Waals surface area contributed by atoms with E-state index in [1.165, 1.54) is 12.3 Å². The maximum Gasteiger partial charge on any atom is 0.433 e. The monoisotopic (exact) mass is 248 g/mol. The molecule has 2 rings (SSSR count). The van der Waals surface area contributed by atoms with Crippen LogP contribution in [-0.4, -0.2) is 22.5 Å². The number of rotatable bonds is 2. The Morgan fingerprint density at radius 2 is 2.19 bits per heavy atom. The molecule has 2 heterocycles. The minimum atomic E-state index is -4.36. The fraction of sp³-hybridized carbons (Fsp3) is 0.500. The number of alkyl halides is 3. The molecule has 2 nitrogen and oxygen atoms in total. The molecule has 1 aliphatic heterocycles. The quantitative estimate of drug-likeness (QED) is 0.870. The lowest BCUT2D eigenvalue weighted by molar-refractivity contribution is -0.141. The van der Waals surface area contributed by atoms with Gasteiger partial charge < -0.3 is 5.32 Å². The van der Waals surface area contributed by atoms with Crippen LogP contribution in [0.15, 0.2) is 18.3 Å². The van der Waals surface area contributed by atoms with E-state index in [0.717, 1.165) is 24.0 Å². The Balaban J connectivity index is 2.01. The first-order chi connectivity index (χ1) is 7.55. The largest absolute Gasteiger partial charge is 0.433 e. The van der Waals surface area contributed by atoms with E-state index < -0.39 is 11.9 Å². The highest BCUT2D eigenvalue weighted by molar-refractivity contribution is 7.99. The van der Waals surface area contributed by atoms with Crippen molar-refractivity contribution in [3.63, 3.8) is 0 Å². The van der Waals surface area contributed by atoms with Crippen LogP contribution in [0.3, 0.4) is 0 Å². The Labute approximate surface area is 95.6 Å². The van der Waals surface area contributed by atoms with Gasteiger partial charge in [0.05, 0.1) is 11.9 Å². The van der Waals surface area contributed by atoms with Gasteiger partial charge in [0, 0.05) is 11.8 Å². The minimum absolute atomic E-state index is 0.350. The van der Waals surface area contributed by atoms with Crippen LogP contribution in [0.4, 0.5) is 18.9 Å². The summed E-state index contributed by atoms with van der Waals surface area (Å²) in [6, 6.07) is 2.78. The van der Waals surface area contributed by atoms with E-state index in [1.807, 2.05) is 11.8 Å². The van der Waals surface area contributed by atoms with Crippen LogP contribution in [0.5, 0.6) is 0 Å². The molecule has 1 fully saturated rings. The highest BCUT2D eigenvalue weighted by Crippen LogP contribution is 2.28. The smallest absolute Gasteiger partial charge is 0.380 e. The predicted molar refractivity (Wildman–Crippen MR) is 58.6 cm³/mol. The molecule has 1 aromatic rings. The van der Waals surface area contributed by atoms with E-state index in [9.17, 15) is 13.2 Å². The molecule has 88 valence electrons. The Bertz CT molecular complexity index is 344. The molecule has 0 radical (unpaired) electrons. The van der Waals surface area contributed by atoms with E-state index >= 15 is 0 Å². The van der Waals surface area contributed by atoms with E-state index in [4.69, 9.17) is 0 Å². The summed E-state index contributed by atoms with van der Waals surface area (Å²) in [7, 11) is 0. The topological polar surface area (TPSA) is 24.9 Å². The zero-order valence-corrected chi connectivity index (χ0v) is 9.24. The molecule has 1 unspecified atom stereocenters. The number of anilines is 1. The summed E-state index contributed by atoms with van der Waals surface area (Å²) in [5, 5.41) is 3.17. The van der Waals surface area contributed by atoms with E-state index in [-0.39, 0.29) is 0 Å². The van der Waals surface area contributed by atoms with Crippen molar-refractivity contribution >= 4 is 17.4 Å². The van der Waals surface area contributed by atoms with Crippen LogP contribution >= 0.6 is 11.8 Å². The lowest BCUT2D eigenvalue weighted by atomic mass is 10.2. The molecule has 0 saturated carbocycles. The van der Waals surface area contributed by atoms with Crippen molar-refractivity contribution in [3.8, 4) is 0 Å². The molecule has 16 heavy (non-hydrogen) atoms. The number of hydrogen-bond acceptors (Lipinski definition) is 3. The third-order valence-corrected chi connectivity index (χ3v) is 3.52. The van der Waals surface area contributed by atoms with Crippen LogP contribution in [-0.2, 0) is 6.18 Å². The van der Waals surface area contributed by atoms with Crippen LogP contribution in [0.25, 0.3) is 0 Å². The highest BCUT2D eigenvalue weighted by atomic mass is 32.2. The number of nitrogens with zero attached hydrogens (tertiary/aromatic N) is 1. The van der Waals surface area contributed by atoms with Crippen LogP contribution < -0.4 is 5.32 Å². The summed E-state index contributed by atoms with van der Waals surface area (Å²) in [4.78, 5) is 3.40. The van der Waals surface area contributed by atoms with Gasteiger partial charge in [-0.2, -0.15) is 24.9 Å². The summed E-state index contributed by atoms with van der Waals surface area (Å²) in [5.41, 5.74) is -0.195. The predicted octanol–water partition coefficient (Wildman–Crippen LogP) is 3.02. The van der Waals surface area contributed by atoms with Crippen molar-refractivity contribution in [1.82, 2.24) is 4.98 Å². The van der Waals surface area contributed by atoms with Gasteiger partial charge in [-0.15, -0.1) is 0 Å². The Morgan fingerprint density at radius 1 is 1.38 bits per heavy atom. The Morgan fingerprint density at radius 3 is 2.69 bits per heavy atom. The summed E-state index contributed by atoms with van der Waals surface area (Å²) in [6.07, 6.45) is -2.07. The molecular weight excluding hydrogens is 237 g/mol. The van der Waals surface area contributed by atoms with Gasteiger partial charge in [-0.1, -0.05) is 0 Å². The lowest BCUT2D eigenvalue weighted by Crippen LogP contribution is -2.18. The maximum absolute atomic E-state index is 12.2. The third-order valence-electron chi connectivity index (χ3n) is 2.35. The van der Waals surface area contributed by atoms with Gasteiger partial charge in [-0.05, 0) is 24.3 Å². The summed E-state index contributed by atoms with van der Waals surface area (Å²) >= 11 is 1.85. The Kier molecular flexibility index (Phi) is 3.28. The SMILES string of the molecule is FC(F)(F)c1ccc(NC2CCSC2)cn1. The van der Waals surface area contributed by atoms with Crippen molar-refractivity contribution in [1.29, 1.82) is 0 Å². The maximum atomic E-state index is 12.2. The first kappa shape index (κ1) is 11.6. The molecule has 0 bridgehead atoms. The summed E-state index contributed by atoms with van der Waals surface area (Å²) < 4.78 is 36.7. The zero-order valence-electron chi connectivity index (χ0n) is 8.42. The highest BCUT2D eigenvalue weighted by Gasteiger charge is 2.32. The molecule has 1 N–H and O–H groups in total.